The quantitative estimate of drug-likeness (QED) is 0.667. The first-order chi connectivity index (χ1) is 10.9. The van der Waals surface area contributed by atoms with Crippen LogP contribution in [0.2, 0.25) is 0 Å². The lowest BCUT2D eigenvalue weighted by Gasteiger charge is -2.18. The number of nitro benzene ring substituents is 1. The average Bonchev–Trinajstić information content (AvgIpc) is 2.52. The summed E-state index contributed by atoms with van der Waals surface area (Å²) in [6, 6.07) is 12.4. The van der Waals surface area contributed by atoms with E-state index in [1.807, 2.05) is 38.1 Å². The van der Waals surface area contributed by atoms with Crippen LogP contribution in [0, 0.1) is 24.0 Å². The Labute approximate surface area is 135 Å². The van der Waals surface area contributed by atoms with Gasteiger partial charge in [0.2, 0.25) is 0 Å². The molecule has 0 fully saturated rings. The fourth-order valence-corrected chi connectivity index (χ4v) is 2.46. The molecule has 0 unspecified atom stereocenters. The van der Waals surface area contributed by atoms with Gasteiger partial charge in [0.25, 0.3) is 11.6 Å². The number of carbonyl (C=O) groups excluding carboxylic acids is 1. The maximum atomic E-state index is 12.4. The molecule has 2 aromatic carbocycles. The van der Waals surface area contributed by atoms with E-state index in [0.29, 0.717) is 11.1 Å². The normalized spacial score (nSPS) is 11.8. The van der Waals surface area contributed by atoms with Crippen LogP contribution in [-0.2, 0) is 0 Å². The predicted octanol–water partition coefficient (Wildman–Crippen LogP) is 4.09. The van der Waals surface area contributed by atoms with Gasteiger partial charge in [0.1, 0.15) is 0 Å². The molecule has 0 aliphatic heterocycles. The molecule has 0 saturated heterocycles. The zero-order valence-corrected chi connectivity index (χ0v) is 13.5. The van der Waals surface area contributed by atoms with Gasteiger partial charge in [-0.15, -0.1) is 0 Å². The van der Waals surface area contributed by atoms with Crippen LogP contribution in [0.4, 0.5) is 5.69 Å². The van der Waals surface area contributed by atoms with Gasteiger partial charge >= 0.3 is 0 Å². The molecule has 1 N–H and O–H groups in total. The van der Waals surface area contributed by atoms with Crippen molar-refractivity contribution in [2.75, 3.05) is 0 Å². The van der Waals surface area contributed by atoms with E-state index in [-0.39, 0.29) is 17.6 Å². The molecule has 0 aromatic heterocycles. The summed E-state index contributed by atoms with van der Waals surface area (Å²) in [7, 11) is 0. The monoisotopic (exact) mass is 312 g/mol. The molecule has 2 rings (SSSR count). The van der Waals surface area contributed by atoms with E-state index in [9.17, 15) is 14.9 Å². The Bertz CT molecular complexity index is 724. The summed E-state index contributed by atoms with van der Waals surface area (Å²) in [6.07, 6.45) is 0.765. The topological polar surface area (TPSA) is 72.2 Å². The van der Waals surface area contributed by atoms with E-state index in [4.69, 9.17) is 0 Å². The first kappa shape index (κ1) is 16.7. The number of nitrogens with zero attached hydrogens (tertiary/aromatic N) is 1. The third kappa shape index (κ3) is 3.94. The van der Waals surface area contributed by atoms with Crippen molar-refractivity contribution in [1.29, 1.82) is 0 Å². The second kappa shape index (κ2) is 7.05. The largest absolute Gasteiger partial charge is 0.345 e. The van der Waals surface area contributed by atoms with Crippen molar-refractivity contribution >= 4 is 11.6 Å². The number of amides is 1. The molecule has 0 aliphatic rings. The van der Waals surface area contributed by atoms with E-state index < -0.39 is 4.92 Å². The summed E-state index contributed by atoms with van der Waals surface area (Å²) in [5, 5.41) is 13.8. The van der Waals surface area contributed by atoms with Crippen molar-refractivity contribution < 1.29 is 9.72 Å². The number of benzene rings is 2. The molecule has 5 heteroatoms. The number of hydrogen-bond donors (Lipinski definition) is 1. The maximum Gasteiger partial charge on any atom is 0.272 e. The van der Waals surface area contributed by atoms with Crippen LogP contribution in [0.15, 0.2) is 42.5 Å². The third-order valence-electron chi connectivity index (χ3n) is 3.85. The average molecular weight is 312 g/mol. The van der Waals surface area contributed by atoms with Crippen molar-refractivity contribution in [2.24, 2.45) is 0 Å². The fraction of sp³-hybridized carbons (Fsp3) is 0.278. The highest BCUT2D eigenvalue weighted by molar-refractivity contribution is 5.95. The van der Waals surface area contributed by atoms with Crippen LogP contribution in [0.3, 0.4) is 0 Å². The maximum absolute atomic E-state index is 12.4. The number of carbonyl (C=O) groups is 1. The van der Waals surface area contributed by atoms with E-state index >= 15 is 0 Å². The molecule has 23 heavy (non-hydrogen) atoms. The molecule has 5 nitrogen and oxygen atoms in total. The number of rotatable bonds is 5. The molecule has 2 aromatic rings. The SMILES string of the molecule is CC[C@@H](NC(=O)c1ccc([N+](=O)[O-])c(C)c1)c1ccc(C)cc1. The molecular formula is C18H20N2O3. The Kier molecular flexibility index (Phi) is 5.11. The molecule has 0 saturated carbocycles. The Morgan fingerprint density at radius 2 is 1.83 bits per heavy atom. The van der Waals surface area contributed by atoms with Crippen LogP contribution in [0.1, 0.15) is 46.4 Å². The molecule has 120 valence electrons. The van der Waals surface area contributed by atoms with Gasteiger partial charge in [0.05, 0.1) is 11.0 Å². The van der Waals surface area contributed by atoms with Crippen molar-refractivity contribution in [1.82, 2.24) is 5.32 Å². The number of nitro groups is 1. The lowest BCUT2D eigenvalue weighted by Crippen LogP contribution is -2.28. The minimum atomic E-state index is -0.446. The van der Waals surface area contributed by atoms with Crippen molar-refractivity contribution in [3.05, 3.63) is 74.8 Å². The molecule has 0 bridgehead atoms. The Morgan fingerprint density at radius 1 is 1.17 bits per heavy atom. The number of nitrogens with one attached hydrogen (secondary N) is 1. The molecule has 0 radical (unpaired) electrons. The lowest BCUT2D eigenvalue weighted by atomic mass is 10.0. The first-order valence-electron chi connectivity index (χ1n) is 7.54. The van der Waals surface area contributed by atoms with Gasteiger partial charge in [-0.25, -0.2) is 0 Å². The minimum absolute atomic E-state index is 0.0205. The van der Waals surface area contributed by atoms with Gasteiger partial charge in [0.15, 0.2) is 0 Å². The zero-order chi connectivity index (χ0) is 17.0. The van der Waals surface area contributed by atoms with Crippen LogP contribution in [0.25, 0.3) is 0 Å². The summed E-state index contributed by atoms with van der Waals surface area (Å²) in [5.74, 6) is -0.226. The number of aryl methyl sites for hydroxylation is 2. The first-order valence-corrected chi connectivity index (χ1v) is 7.54. The minimum Gasteiger partial charge on any atom is -0.345 e. The summed E-state index contributed by atoms with van der Waals surface area (Å²) >= 11 is 0. The second-order valence-corrected chi connectivity index (χ2v) is 5.60. The van der Waals surface area contributed by atoms with E-state index in [0.717, 1.165) is 12.0 Å². The lowest BCUT2D eigenvalue weighted by molar-refractivity contribution is -0.385. The number of hydrogen-bond acceptors (Lipinski definition) is 3. The predicted molar refractivity (Wildman–Crippen MR) is 89.5 cm³/mol. The van der Waals surface area contributed by atoms with Gasteiger partial charge in [-0.05, 0) is 38.0 Å². The summed E-state index contributed by atoms with van der Waals surface area (Å²) < 4.78 is 0. The van der Waals surface area contributed by atoms with Crippen LogP contribution >= 0.6 is 0 Å². The smallest absolute Gasteiger partial charge is 0.272 e. The Morgan fingerprint density at radius 3 is 2.35 bits per heavy atom. The highest BCUT2D eigenvalue weighted by Crippen LogP contribution is 2.21. The van der Waals surface area contributed by atoms with Crippen LogP contribution < -0.4 is 5.32 Å². The summed E-state index contributed by atoms with van der Waals surface area (Å²) in [5.41, 5.74) is 3.14. The van der Waals surface area contributed by atoms with Crippen LogP contribution in [-0.4, -0.2) is 10.8 Å². The van der Waals surface area contributed by atoms with Gasteiger partial charge < -0.3 is 5.32 Å². The molecule has 0 aliphatic carbocycles. The van der Waals surface area contributed by atoms with Crippen molar-refractivity contribution in [3.8, 4) is 0 Å². The standard InChI is InChI=1S/C18H20N2O3/c1-4-16(14-7-5-12(2)6-8-14)19-18(21)15-9-10-17(20(22)23)13(3)11-15/h5-11,16H,4H2,1-3H3,(H,19,21)/t16-/m1/s1. The van der Waals surface area contributed by atoms with Gasteiger partial charge in [-0.1, -0.05) is 36.8 Å². The molecule has 0 heterocycles. The molecule has 1 amide bonds. The summed E-state index contributed by atoms with van der Waals surface area (Å²) in [4.78, 5) is 22.8. The zero-order valence-electron chi connectivity index (χ0n) is 13.5. The summed E-state index contributed by atoms with van der Waals surface area (Å²) in [6.45, 7) is 5.65. The van der Waals surface area contributed by atoms with Gasteiger partial charge in [-0.3, -0.25) is 14.9 Å². The van der Waals surface area contributed by atoms with Gasteiger partial charge in [-0.2, -0.15) is 0 Å². The molecular weight excluding hydrogens is 292 g/mol. The fourth-order valence-electron chi connectivity index (χ4n) is 2.46. The van der Waals surface area contributed by atoms with E-state index in [2.05, 4.69) is 5.32 Å². The van der Waals surface area contributed by atoms with Crippen molar-refractivity contribution in [3.63, 3.8) is 0 Å². The third-order valence-corrected chi connectivity index (χ3v) is 3.85. The van der Waals surface area contributed by atoms with Crippen LogP contribution in [0.5, 0.6) is 0 Å². The van der Waals surface area contributed by atoms with Crippen molar-refractivity contribution in [2.45, 2.75) is 33.2 Å². The Hall–Kier alpha value is -2.69. The highest BCUT2D eigenvalue weighted by atomic mass is 16.6. The highest BCUT2D eigenvalue weighted by Gasteiger charge is 2.17. The second-order valence-electron chi connectivity index (χ2n) is 5.60. The Balaban J connectivity index is 2.18. The molecule has 1 atom stereocenters. The van der Waals surface area contributed by atoms with E-state index in [1.54, 1.807) is 13.0 Å². The molecule has 0 spiro atoms. The van der Waals surface area contributed by atoms with Gasteiger partial charge in [0, 0.05) is 17.2 Å². The van der Waals surface area contributed by atoms with E-state index in [1.165, 1.54) is 17.7 Å².